The van der Waals surface area contributed by atoms with E-state index in [4.69, 9.17) is 5.11 Å². The second-order valence-corrected chi connectivity index (χ2v) is 4.78. The van der Waals surface area contributed by atoms with Crippen LogP contribution in [0.2, 0.25) is 0 Å². The van der Waals surface area contributed by atoms with Crippen LogP contribution in [0.4, 0.5) is 13.2 Å². The zero-order valence-electron chi connectivity index (χ0n) is 9.02. The maximum Gasteiger partial charge on any atom is 0.511 e. The van der Waals surface area contributed by atoms with E-state index in [0.717, 1.165) is 11.8 Å². The molecule has 0 radical (unpaired) electrons. The molecule has 0 aliphatic carbocycles. The molecule has 0 saturated carbocycles. The Morgan fingerprint density at radius 3 is 2.22 bits per heavy atom. The van der Waals surface area contributed by atoms with Crippen LogP contribution in [0, 0.1) is 0 Å². The first-order valence-electron chi connectivity index (χ1n) is 4.39. The van der Waals surface area contributed by atoms with Crippen molar-refractivity contribution in [3.05, 3.63) is 0 Å². The molecular weight excluding hydrogens is 283 g/mol. The molecule has 11 heteroatoms. The van der Waals surface area contributed by atoms with E-state index in [1.165, 1.54) is 0 Å². The molecule has 18 heavy (non-hydrogen) atoms. The normalized spacial score (nSPS) is 14.0. The van der Waals surface area contributed by atoms with Gasteiger partial charge in [0.05, 0.1) is 7.11 Å². The molecule has 0 spiro atoms. The summed E-state index contributed by atoms with van der Waals surface area (Å²) in [6.45, 7) is 0. The molecule has 0 aliphatic rings. The lowest BCUT2D eigenvalue weighted by Gasteiger charge is -2.15. The monoisotopic (exact) mass is 293 g/mol. The van der Waals surface area contributed by atoms with E-state index in [1.807, 2.05) is 0 Å². The van der Waals surface area contributed by atoms with Crippen molar-refractivity contribution in [3.8, 4) is 0 Å². The molecule has 0 aromatic carbocycles. The summed E-state index contributed by atoms with van der Waals surface area (Å²) in [5, 5.41) is 8.54. The van der Waals surface area contributed by atoms with Crippen LogP contribution >= 0.6 is 0 Å². The largest absolute Gasteiger partial charge is 0.511 e. The second kappa shape index (κ2) is 6.00. The number of methoxy groups -OCH3 is 1. The third-order valence-corrected chi connectivity index (χ3v) is 2.97. The van der Waals surface area contributed by atoms with Crippen LogP contribution in [0.3, 0.4) is 0 Å². The van der Waals surface area contributed by atoms with Gasteiger partial charge in [0.2, 0.25) is 0 Å². The highest BCUT2D eigenvalue weighted by Gasteiger charge is 2.47. The first-order valence-corrected chi connectivity index (χ1v) is 5.88. The fourth-order valence-electron chi connectivity index (χ4n) is 0.851. The summed E-state index contributed by atoms with van der Waals surface area (Å²) in [5.74, 6) is -2.70. The first kappa shape index (κ1) is 16.6. The van der Waals surface area contributed by atoms with Crippen molar-refractivity contribution in [2.45, 2.75) is 24.4 Å². The van der Waals surface area contributed by atoms with Gasteiger partial charge in [0.25, 0.3) is 0 Å². The number of carbonyl (C=O) groups excluding carboxylic acids is 1. The number of esters is 1. The molecule has 1 atom stereocenters. The Morgan fingerprint density at radius 2 is 1.89 bits per heavy atom. The number of nitrogens with one attached hydrogen (secondary N) is 1. The van der Waals surface area contributed by atoms with Gasteiger partial charge in [0.1, 0.15) is 6.04 Å². The van der Waals surface area contributed by atoms with E-state index in [-0.39, 0.29) is 0 Å². The molecule has 0 aliphatic heterocycles. The minimum absolute atomic E-state index is 0.534. The highest BCUT2D eigenvalue weighted by atomic mass is 32.2. The second-order valence-electron chi connectivity index (χ2n) is 3.07. The minimum Gasteiger partial charge on any atom is -0.480 e. The van der Waals surface area contributed by atoms with Gasteiger partial charge in [-0.1, -0.05) is 0 Å². The molecule has 0 heterocycles. The van der Waals surface area contributed by atoms with Gasteiger partial charge in [-0.25, -0.2) is 8.42 Å². The average molecular weight is 293 g/mol. The molecule has 7 nitrogen and oxygen atoms in total. The number of alkyl halides is 3. The summed E-state index contributed by atoms with van der Waals surface area (Å²) in [6.07, 6.45) is -1.19. The molecule has 1 unspecified atom stereocenters. The Morgan fingerprint density at radius 1 is 1.39 bits per heavy atom. The smallest absolute Gasteiger partial charge is 0.480 e. The highest BCUT2D eigenvalue weighted by molar-refractivity contribution is 7.90. The molecule has 0 fully saturated rings. The SMILES string of the molecule is COC(=O)CCC(NS(=O)(=O)C(F)(F)F)C(=O)O. The number of hydrogen-bond donors (Lipinski definition) is 2. The van der Waals surface area contributed by atoms with Crippen LogP contribution in [0.15, 0.2) is 0 Å². The average Bonchev–Trinajstić information content (AvgIpc) is 2.21. The lowest BCUT2D eigenvalue weighted by Crippen LogP contribution is -2.46. The Kier molecular flexibility index (Phi) is 5.55. The number of carbonyl (C=O) groups is 2. The van der Waals surface area contributed by atoms with Crippen molar-refractivity contribution in [3.63, 3.8) is 0 Å². The van der Waals surface area contributed by atoms with Crippen molar-refractivity contribution in [2.24, 2.45) is 0 Å². The number of sulfonamides is 1. The highest BCUT2D eigenvalue weighted by Crippen LogP contribution is 2.22. The van der Waals surface area contributed by atoms with E-state index >= 15 is 0 Å². The number of aliphatic carboxylic acids is 1. The zero-order chi connectivity index (χ0) is 14.6. The van der Waals surface area contributed by atoms with Gasteiger partial charge in [-0.15, -0.1) is 0 Å². The number of hydrogen-bond acceptors (Lipinski definition) is 5. The summed E-state index contributed by atoms with van der Waals surface area (Å²) in [6, 6.07) is -2.06. The summed E-state index contributed by atoms with van der Waals surface area (Å²) < 4.78 is 62.4. The van der Waals surface area contributed by atoms with Gasteiger partial charge in [0.15, 0.2) is 0 Å². The van der Waals surface area contributed by atoms with Crippen molar-refractivity contribution >= 4 is 22.0 Å². The van der Waals surface area contributed by atoms with Gasteiger partial charge in [-0.2, -0.15) is 17.9 Å². The number of carboxylic acids is 1. The van der Waals surface area contributed by atoms with Crippen LogP contribution in [0.1, 0.15) is 12.8 Å². The van der Waals surface area contributed by atoms with E-state index < -0.39 is 46.4 Å². The van der Waals surface area contributed by atoms with Gasteiger partial charge in [0, 0.05) is 6.42 Å². The van der Waals surface area contributed by atoms with E-state index in [0.29, 0.717) is 0 Å². The predicted molar refractivity (Wildman–Crippen MR) is 50.8 cm³/mol. The number of ether oxygens (including phenoxy) is 1. The number of carboxylic acid groups (broad SMARTS) is 1. The number of halogens is 3. The van der Waals surface area contributed by atoms with Crippen LogP contribution < -0.4 is 4.72 Å². The Balaban J connectivity index is 4.76. The number of rotatable bonds is 6. The lowest BCUT2D eigenvalue weighted by atomic mass is 10.2. The fourth-order valence-corrected chi connectivity index (χ4v) is 1.58. The third kappa shape index (κ3) is 4.87. The lowest BCUT2D eigenvalue weighted by molar-refractivity contribution is -0.142. The molecule has 2 N–H and O–H groups in total. The summed E-state index contributed by atoms with van der Waals surface area (Å²) >= 11 is 0. The standard InChI is InChI=1S/C7H10F3NO6S/c1-17-5(12)3-2-4(6(13)14)11-18(15,16)7(8,9)10/h4,11H,2-3H2,1H3,(H,13,14). The van der Waals surface area contributed by atoms with Crippen molar-refractivity contribution in [1.82, 2.24) is 4.72 Å². The Hall–Kier alpha value is -1.36. The van der Waals surface area contributed by atoms with Gasteiger partial charge < -0.3 is 9.84 Å². The third-order valence-electron chi connectivity index (χ3n) is 1.77. The topological polar surface area (TPSA) is 110 Å². The van der Waals surface area contributed by atoms with E-state index in [2.05, 4.69) is 4.74 Å². The fraction of sp³-hybridized carbons (Fsp3) is 0.714. The quantitative estimate of drug-likeness (QED) is 0.658. The van der Waals surface area contributed by atoms with E-state index in [1.54, 1.807) is 0 Å². The maximum absolute atomic E-state index is 12.0. The molecular formula is C7H10F3NO6S. The molecule has 0 aromatic heterocycles. The Bertz CT molecular complexity index is 417. The molecule has 0 saturated heterocycles. The predicted octanol–water partition coefficient (Wildman–Crippen LogP) is -0.168. The summed E-state index contributed by atoms with van der Waals surface area (Å²) in [5.41, 5.74) is -5.62. The van der Waals surface area contributed by atoms with Crippen molar-refractivity contribution < 1.29 is 41.0 Å². The zero-order valence-corrected chi connectivity index (χ0v) is 9.84. The van der Waals surface area contributed by atoms with Crippen molar-refractivity contribution in [1.29, 1.82) is 0 Å². The van der Waals surface area contributed by atoms with E-state index in [9.17, 15) is 31.2 Å². The summed E-state index contributed by atoms with van der Waals surface area (Å²) in [4.78, 5) is 21.2. The van der Waals surface area contributed by atoms with Crippen molar-refractivity contribution in [2.75, 3.05) is 7.11 Å². The minimum atomic E-state index is -5.78. The molecule has 0 bridgehead atoms. The van der Waals surface area contributed by atoms with Crippen LogP contribution in [0.5, 0.6) is 0 Å². The maximum atomic E-state index is 12.0. The van der Waals surface area contributed by atoms with Gasteiger partial charge in [-0.3, -0.25) is 9.59 Å². The van der Waals surface area contributed by atoms with Gasteiger partial charge in [-0.05, 0) is 6.42 Å². The Labute approximate surface area is 100.0 Å². The molecule has 0 amide bonds. The first-order chi connectivity index (χ1) is 8.01. The van der Waals surface area contributed by atoms with Crippen LogP contribution in [-0.2, 0) is 24.3 Å². The summed E-state index contributed by atoms with van der Waals surface area (Å²) in [7, 11) is -4.78. The molecule has 0 rings (SSSR count). The molecule has 106 valence electrons. The van der Waals surface area contributed by atoms with Crippen LogP contribution in [0.25, 0.3) is 0 Å². The molecule has 0 aromatic rings. The van der Waals surface area contributed by atoms with Gasteiger partial charge >= 0.3 is 27.5 Å². The van der Waals surface area contributed by atoms with Crippen LogP contribution in [-0.4, -0.2) is 44.1 Å².